The number of hydrogen-bond donors (Lipinski definition) is 4. The lowest BCUT2D eigenvalue weighted by Crippen LogP contribution is -2.62. The van der Waals surface area contributed by atoms with Crippen LogP contribution in [0.25, 0.3) is 0 Å². The van der Waals surface area contributed by atoms with Crippen LogP contribution in [0.4, 0.5) is 10.5 Å². The topological polar surface area (TPSA) is 85.5 Å². The first-order chi connectivity index (χ1) is 14.1. The summed E-state index contributed by atoms with van der Waals surface area (Å²) in [5.41, 5.74) is 1.60. The zero-order chi connectivity index (χ0) is 20.0. The molecule has 0 aliphatic carbocycles. The maximum atomic E-state index is 13.1. The van der Waals surface area contributed by atoms with Crippen LogP contribution in [0.15, 0.2) is 34.9 Å². The van der Waals surface area contributed by atoms with E-state index in [1.54, 1.807) is 23.9 Å². The lowest BCUT2D eigenvalue weighted by atomic mass is 9.86. The van der Waals surface area contributed by atoms with Crippen molar-refractivity contribution < 1.29 is 9.59 Å². The second-order valence-electron chi connectivity index (χ2n) is 7.91. The van der Waals surface area contributed by atoms with Gasteiger partial charge in [-0.1, -0.05) is 23.4 Å². The van der Waals surface area contributed by atoms with Crippen molar-refractivity contribution >= 4 is 41.0 Å². The van der Waals surface area contributed by atoms with Crippen LogP contribution in [-0.2, 0) is 4.79 Å². The molecule has 4 aliphatic rings. The summed E-state index contributed by atoms with van der Waals surface area (Å²) in [5.74, 6) is -0.0127. The zero-order valence-electron chi connectivity index (χ0n) is 15.9. The highest BCUT2D eigenvalue weighted by Crippen LogP contribution is 2.47. The number of urea groups is 1. The first-order valence-electron chi connectivity index (χ1n) is 10.1. The summed E-state index contributed by atoms with van der Waals surface area (Å²) in [4.78, 5) is 28.6. The van der Waals surface area contributed by atoms with Gasteiger partial charge in [0.2, 0.25) is 0 Å². The molecule has 7 nitrogen and oxygen atoms in total. The van der Waals surface area contributed by atoms with Gasteiger partial charge < -0.3 is 21.3 Å². The third-order valence-corrected chi connectivity index (χ3v) is 7.69. The van der Waals surface area contributed by atoms with E-state index in [9.17, 15) is 9.59 Å². The molecule has 1 aromatic carbocycles. The van der Waals surface area contributed by atoms with Crippen molar-refractivity contribution in [2.75, 3.05) is 24.5 Å². The van der Waals surface area contributed by atoms with E-state index < -0.39 is 0 Å². The monoisotopic (exact) mass is 433 g/mol. The number of carbonyl (C=O) groups excluding carboxylic acids is 2. The molecular formula is C20H24ClN5O2S. The Morgan fingerprint density at radius 2 is 2.03 bits per heavy atom. The molecular weight excluding hydrogens is 410 g/mol. The molecule has 4 heterocycles. The molecule has 4 N–H and O–H groups in total. The SMILES string of the molecule is O=C(N[C@@H]1CCCNC1)C1=C2NC(=O)N(c3ccc(Cl)cc3)C3CCNC(S1)C23. The first-order valence-corrected chi connectivity index (χ1v) is 11.4. The van der Waals surface area contributed by atoms with Crippen LogP contribution in [0.1, 0.15) is 19.3 Å². The molecule has 3 amide bonds. The standard InChI is InChI=1S/C20H24ClN5O2S/c21-11-3-5-13(6-4-11)26-14-7-9-23-19-15(14)16(25-20(26)28)17(29-19)18(27)24-12-2-1-8-22-10-12/h3-6,12,14-15,19,22-23H,1-2,7-10H2,(H,24,27)(H,25,28)/t12-,14?,15?,19?/m1/s1. The Morgan fingerprint density at radius 3 is 2.79 bits per heavy atom. The maximum Gasteiger partial charge on any atom is 0.326 e. The fourth-order valence-corrected chi connectivity index (χ4v) is 6.28. The van der Waals surface area contributed by atoms with Crippen LogP contribution in [0.3, 0.4) is 0 Å². The fraction of sp³-hybridized carbons (Fsp3) is 0.500. The minimum absolute atomic E-state index is 0.0142. The Bertz CT molecular complexity index is 855. The third-order valence-electron chi connectivity index (χ3n) is 6.08. The van der Waals surface area contributed by atoms with E-state index in [4.69, 9.17) is 11.6 Å². The predicted molar refractivity (Wildman–Crippen MR) is 115 cm³/mol. The molecule has 4 atom stereocenters. The van der Waals surface area contributed by atoms with E-state index in [0.29, 0.717) is 9.93 Å². The molecule has 5 rings (SSSR count). The maximum absolute atomic E-state index is 13.1. The molecule has 154 valence electrons. The van der Waals surface area contributed by atoms with Crippen molar-refractivity contribution in [3.05, 3.63) is 39.9 Å². The molecule has 3 saturated heterocycles. The number of amides is 3. The summed E-state index contributed by atoms with van der Waals surface area (Å²) in [7, 11) is 0. The number of halogens is 1. The van der Waals surface area contributed by atoms with Gasteiger partial charge in [-0.2, -0.15) is 0 Å². The highest BCUT2D eigenvalue weighted by Gasteiger charge is 2.51. The summed E-state index contributed by atoms with van der Waals surface area (Å²) in [5, 5.41) is 13.8. The lowest BCUT2D eigenvalue weighted by Gasteiger charge is -2.45. The highest BCUT2D eigenvalue weighted by atomic mass is 35.5. The number of hydrogen-bond acceptors (Lipinski definition) is 5. The largest absolute Gasteiger partial charge is 0.348 e. The van der Waals surface area contributed by atoms with Crippen LogP contribution >= 0.6 is 23.4 Å². The summed E-state index contributed by atoms with van der Waals surface area (Å²) in [6.45, 7) is 2.61. The quantitative estimate of drug-likeness (QED) is 0.586. The van der Waals surface area contributed by atoms with E-state index in [-0.39, 0.29) is 35.3 Å². The number of piperidine rings is 2. The van der Waals surface area contributed by atoms with Gasteiger partial charge in [0.05, 0.1) is 16.3 Å². The smallest absolute Gasteiger partial charge is 0.326 e. The van der Waals surface area contributed by atoms with E-state index in [1.165, 1.54) is 0 Å². The van der Waals surface area contributed by atoms with Gasteiger partial charge in [0.15, 0.2) is 0 Å². The summed E-state index contributed by atoms with van der Waals surface area (Å²) >= 11 is 7.57. The summed E-state index contributed by atoms with van der Waals surface area (Å²) in [6.07, 6.45) is 2.88. The van der Waals surface area contributed by atoms with Crippen molar-refractivity contribution in [2.24, 2.45) is 5.92 Å². The number of carbonyl (C=O) groups is 2. The molecule has 3 fully saturated rings. The third kappa shape index (κ3) is 3.52. The van der Waals surface area contributed by atoms with Crippen LogP contribution in [0.5, 0.6) is 0 Å². The molecule has 1 aromatic rings. The summed E-state index contributed by atoms with van der Waals surface area (Å²) in [6, 6.07) is 7.32. The lowest BCUT2D eigenvalue weighted by molar-refractivity contribution is -0.117. The predicted octanol–water partition coefficient (Wildman–Crippen LogP) is 2.00. The Balaban J connectivity index is 1.43. The van der Waals surface area contributed by atoms with Crippen molar-refractivity contribution in [1.29, 1.82) is 0 Å². The van der Waals surface area contributed by atoms with Crippen LogP contribution < -0.4 is 26.2 Å². The molecule has 4 aliphatic heterocycles. The first kappa shape index (κ1) is 19.2. The van der Waals surface area contributed by atoms with Gasteiger partial charge in [0, 0.05) is 34.9 Å². The van der Waals surface area contributed by atoms with Gasteiger partial charge in [-0.3, -0.25) is 9.69 Å². The minimum Gasteiger partial charge on any atom is -0.348 e. The molecule has 3 unspecified atom stereocenters. The van der Waals surface area contributed by atoms with Crippen molar-refractivity contribution in [3.63, 3.8) is 0 Å². The van der Waals surface area contributed by atoms with Crippen molar-refractivity contribution in [1.82, 2.24) is 21.3 Å². The van der Waals surface area contributed by atoms with E-state index in [0.717, 1.165) is 50.3 Å². The minimum atomic E-state index is -0.184. The van der Waals surface area contributed by atoms with Gasteiger partial charge in [-0.25, -0.2) is 4.79 Å². The molecule has 29 heavy (non-hydrogen) atoms. The number of rotatable bonds is 3. The Labute approximate surface area is 179 Å². The average Bonchev–Trinajstić information content (AvgIpc) is 3.10. The number of benzene rings is 1. The highest BCUT2D eigenvalue weighted by molar-refractivity contribution is 8.04. The molecule has 0 aromatic heterocycles. The van der Waals surface area contributed by atoms with Gasteiger partial charge in [-0.05, 0) is 56.6 Å². The normalized spacial score (nSPS) is 31.3. The Hall–Kier alpha value is -1.74. The number of nitrogens with one attached hydrogen (secondary N) is 4. The van der Waals surface area contributed by atoms with Crippen LogP contribution in [0.2, 0.25) is 5.02 Å². The second kappa shape index (κ2) is 7.83. The van der Waals surface area contributed by atoms with E-state index >= 15 is 0 Å². The Morgan fingerprint density at radius 1 is 1.21 bits per heavy atom. The summed E-state index contributed by atoms with van der Waals surface area (Å²) < 4.78 is 0. The molecule has 0 radical (unpaired) electrons. The number of anilines is 1. The molecule has 9 heteroatoms. The van der Waals surface area contributed by atoms with Crippen molar-refractivity contribution in [3.8, 4) is 0 Å². The van der Waals surface area contributed by atoms with Gasteiger partial charge in [-0.15, -0.1) is 0 Å². The number of thioether (sulfide) groups is 1. The van der Waals surface area contributed by atoms with Gasteiger partial charge in [0.25, 0.3) is 5.91 Å². The van der Waals surface area contributed by atoms with E-state index in [2.05, 4.69) is 21.3 Å². The molecule has 0 bridgehead atoms. The van der Waals surface area contributed by atoms with Gasteiger partial charge in [0.1, 0.15) is 0 Å². The zero-order valence-corrected chi connectivity index (χ0v) is 17.5. The van der Waals surface area contributed by atoms with Crippen LogP contribution in [-0.4, -0.2) is 49.0 Å². The number of nitrogens with zero attached hydrogens (tertiary/aromatic N) is 1. The average molecular weight is 434 g/mol. The van der Waals surface area contributed by atoms with Crippen LogP contribution in [0, 0.1) is 5.92 Å². The van der Waals surface area contributed by atoms with Gasteiger partial charge >= 0.3 is 6.03 Å². The Kier molecular flexibility index (Phi) is 5.19. The molecule has 0 saturated carbocycles. The van der Waals surface area contributed by atoms with Crippen molar-refractivity contribution in [2.45, 2.75) is 36.7 Å². The fourth-order valence-electron chi connectivity index (χ4n) is 4.75. The second-order valence-corrected chi connectivity index (χ2v) is 9.50. The van der Waals surface area contributed by atoms with E-state index in [1.807, 2.05) is 17.0 Å². The molecule has 0 spiro atoms.